The third-order valence-corrected chi connectivity index (χ3v) is 5.25. The monoisotopic (exact) mass is 273 g/mol. The Labute approximate surface area is 115 Å². The van der Waals surface area contributed by atoms with E-state index in [1.807, 2.05) is 11.8 Å². The molecule has 0 radical (unpaired) electrons. The second-order valence-electron chi connectivity index (χ2n) is 5.67. The van der Waals surface area contributed by atoms with Crippen LogP contribution in [0.5, 0.6) is 0 Å². The van der Waals surface area contributed by atoms with Gasteiger partial charge in [0.1, 0.15) is 0 Å². The highest BCUT2D eigenvalue weighted by Gasteiger charge is 2.40. The Kier molecular flexibility index (Phi) is 5.80. The van der Waals surface area contributed by atoms with Gasteiger partial charge in [0.15, 0.2) is 0 Å². The SMILES string of the molecule is CCCNCC(O)C1CCOC2(CCSCC2)C1. The van der Waals surface area contributed by atoms with Gasteiger partial charge in [-0.25, -0.2) is 0 Å². The quantitative estimate of drug-likeness (QED) is 0.752. The largest absolute Gasteiger partial charge is 0.392 e. The lowest BCUT2D eigenvalue weighted by molar-refractivity contribution is -0.120. The predicted molar refractivity (Wildman–Crippen MR) is 77.1 cm³/mol. The molecular weight excluding hydrogens is 246 g/mol. The number of hydrogen-bond donors (Lipinski definition) is 2. The summed E-state index contributed by atoms with van der Waals surface area (Å²) in [5, 5.41) is 13.6. The maximum absolute atomic E-state index is 10.3. The van der Waals surface area contributed by atoms with E-state index in [0.717, 1.165) is 39.0 Å². The molecule has 2 fully saturated rings. The molecule has 0 amide bonds. The topological polar surface area (TPSA) is 41.5 Å². The van der Waals surface area contributed by atoms with E-state index in [2.05, 4.69) is 12.2 Å². The second-order valence-corrected chi connectivity index (χ2v) is 6.89. The molecule has 2 saturated heterocycles. The fraction of sp³-hybridized carbons (Fsp3) is 1.00. The van der Waals surface area contributed by atoms with Crippen LogP contribution >= 0.6 is 11.8 Å². The third kappa shape index (κ3) is 3.86. The average molecular weight is 273 g/mol. The van der Waals surface area contributed by atoms with Crippen molar-refractivity contribution in [2.45, 2.75) is 50.7 Å². The van der Waals surface area contributed by atoms with Crippen molar-refractivity contribution < 1.29 is 9.84 Å². The molecule has 2 aliphatic heterocycles. The molecule has 1 spiro atoms. The number of aliphatic hydroxyl groups excluding tert-OH is 1. The highest BCUT2D eigenvalue weighted by molar-refractivity contribution is 7.99. The van der Waals surface area contributed by atoms with Gasteiger partial charge in [-0.15, -0.1) is 0 Å². The second kappa shape index (κ2) is 7.13. The lowest BCUT2D eigenvalue weighted by Gasteiger charge is -2.44. The molecule has 2 rings (SSSR count). The molecule has 4 heteroatoms. The van der Waals surface area contributed by atoms with Gasteiger partial charge in [0.2, 0.25) is 0 Å². The minimum atomic E-state index is -0.202. The van der Waals surface area contributed by atoms with Crippen LogP contribution < -0.4 is 5.32 Å². The lowest BCUT2D eigenvalue weighted by Crippen LogP contribution is -2.47. The summed E-state index contributed by atoms with van der Waals surface area (Å²) in [7, 11) is 0. The van der Waals surface area contributed by atoms with Gasteiger partial charge in [-0.3, -0.25) is 0 Å². The van der Waals surface area contributed by atoms with Crippen molar-refractivity contribution >= 4 is 11.8 Å². The summed E-state index contributed by atoms with van der Waals surface area (Å²) in [6.07, 6.45) is 5.34. The number of aliphatic hydroxyl groups is 1. The smallest absolute Gasteiger partial charge is 0.0701 e. The first kappa shape index (κ1) is 14.6. The Hall–Kier alpha value is 0.230. The Morgan fingerprint density at radius 2 is 2.22 bits per heavy atom. The van der Waals surface area contributed by atoms with E-state index in [0.29, 0.717) is 5.92 Å². The highest BCUT2D eigenvalue weighted by atomic mass is 32.2. The van der Waals surface area contributed by atoms with E-state index in [-0.39, 0.29) is 11.7 Å². The van der Waals surface area contributed by atoms with Gasteiger partial charge < -0.3 is 15.2 Å². The first-order chi connectivity index (χ1) is 8.76. The molecule has 2 atom stereocenters. The Morgan fingerprint density at radius 1 is 1.44 bits per heavy atom. The van der Waals surface area contributed by atoms with Crippen molar-refractivity contribution in [1.82, 2.24) is 5.32 Å². The van der Waals surface area contributed by atoms with E-state index in [1.54, 1.807) is 0 Å². The fourth-order valence-electron chi connectivity index (χ4n) is 3.08. The Morgan fingerprint density at radius 3 is 2.94 bits per heavy atom. The van der Waals surface area contributed by atoms with Crippen molar-refractivity contribution in [3.05, 3.63) is 0 Å². The molecule has 2 aliphatic rings. The van der Waals surface area contributed by atoms with Gasteiger partial charge in [-0.1, -0.05) is 6.92 Å². The summed E-state index contributed by atoms with van der Waals surface area (Å²) in [5.41, 5.74) is 0.0971. The molecule has 0 aromatic rings. The van der Waals surface area contributed by atoms with Crippen molar-refractivity contribution in [1.29, 1.82) is 0 Å². The minimum absolute atomic E-state index is 0.0971. The van der Waals surface area contributed by atoms with Crippen LogP contribution in [0, 0.1) is 5.92 Å². The summed E-state index contributed by atoms with van der Waals surface area (Å²) < 4.78 is 6.07. The Balaban J connectivity index is 1.81. The Bertz CT molecular complexity index is 238. The van der Waals surface area contributed by atoms with Crippen LogP contribution in [0.15, 0.2) is 0 Å². The van der Waals surface area contributed by atoms with Crippen LogP contribution in [0.25, 0.3) is 0 Å². The van der Waals surface area contributed by atoms with E-state index < -0.39 is 0 Å². The third-order valence-electron chi connectivity index (χ3n) is 4.26. The van der Waals surface area contributed by atoms with Crippen LogP contribution in [0.1, 0.15) is 39.0 Å². The molecule has 3 nitrogen and oxygen atoms in total. The number of ether oxygens (including phenoxy) is 1. The standard InChI is InChI=1S/C14H27NO2S/c1-2-6-15-11-13(16)12-3-7-17-14(10-12)4-8-18-9-5-14/h12-13,15-16H,2-11H2,1H3. The van der Waals surface area contributed by atoms with Crippen LogP contribution in [-0.2, 0) is 4.74 Å². The number of hydrogen-bond acceptors (Lipinski definition) is 4. The normalized spacial score (nSPS) is 29.3. The summed E-state index contributed by atoms with van der Waals surface area (Å²) in [6.45, 7) is 4.73. The maximum atomic E-state index is 10.3. The van der Waals surface area contributed by atoms with Crippen molar-refractivity contribution in [2.24, 2.45) is 5.92 Å². The highest BCUT2D eigenvalue weighted by Crippen LogP contribution is 2.40. The van der Waals surface area contributed by atoms with Crippen molar-refractivity contribution in [2.75, 3.05) is 31.2 Å². The fourth-order valence-corrected chi connectivity index (χ4v) is 4.32. The van der Waals surface area contributed by atoms with E-state index in [9.17, 15) is 5.11 Å². The number of rotatable bonds is 5. The molecule has 2 heterocycles. The molecule has 0 saturated carbocycles. The number of nitrogens with one attached hydrogen (secondary N) is 1. The minimum Gasteiger partial charge on any atom is -0.392 e. The van der Waals surface area contributed by atoms with E-state index in [4.69, 9.17) is 4.74 Å². The van der Waals surface area contributed by atoms with Gasteiger partial charge in [-0.2, -0.15) is 11.8 Å². The number of thioether (sulfide) groups is 1. The van der Waals surface area contributed by atoms with Gasteiger partial charge in [0, 0.05) is 13.2 Å². The zero-order valence-corrected chi connectivity index (χ0v) is 12.3. The molecule has 0 aliphatic carbocycles. The predicted octanol–water partition coefficient (Wildman–Crippen LogP) is 2.04. The van der Waals surface area contributed by atoms with Crippen LogP contribution in [-0.4, -0.2) is 48.0 Å². The first-order valence-corrected chi connectivity index (χ1v) is 8.52. The van der Waals surface area contributed by atoms with Gasteiger partial charge in [0.25, 0.3) is 0 Å². The van der Waals surface area contributed by atoms with Crippen LogP contribution in [0.4, 0.5) is 0 Å². The molecule has 0 bridgehead atoms. The lowest BCUT2D eigenvalue weighted by atomic mass is 9.79. The van der Waals surface area contributed by atoms with Crippen LogP contribution in [0.3, 0.4) is 0 Å². The zero-order chi connectivity index (χ0) is 12.8. The molecule has 0 aromatic carbocycles. The summed E-state index contributed by atoms with van der Waals surface area (Å²) >= 11 is 2.03. The van der Waals surface area contributed by atoms with E-state index in [1.165, 1.54) is 24.3 Å². The molecule has 106 valence electrons. The van der Waals surface area contributed by atoms with E-state index >= 15 is 0 Å². The molecule has 2 N–H and O–H groups in total. The average Bonchev–Trinajstić information content (AvgIpc) is 2.40. The molecule has 2 unspecified atom stereocenters. The summed E-state index contributed by atoms with van der Waals surface area (Å²) in [6, 6.07) is 0. The first-order valence-electron chi connectivity index (χ1n) is 7.36. The van der Waals surface area contributed by atoms with Gasteiger partial charge >= 0.3 is 0 Å². The maximum Gasteiger partial charge on any atom is 0.0701 e. The zero-order valence-electron chi connectivity index (χ0n) is 11.5. The van der Waals surface area contributed by atoms with Crippen molar-refractivity contribution in [3.8, 4) is 0 Å². The molecule has 0 aromatic heterocycles. The van der Waals surface area contributed by atoms with Gasteiger partial charge in [-0.05, 0) is 56.1 Å². The molecular formula is C14H27NO2S. The molecule has 18 heavy (non-hydrogen) atoms. The van der Waals surface area contributed by atoms with Gasteiger partial charge in [0.05, 0.1) is 11.7 Å². The van der Waals surface area contributed by atoms with Crippen LogP contribution in [0.2, 0.25) is 0 Å². The summed E-state index contributed by atoms with van der Waals surface area (Å²) in [5.74, 6) is 2.86. The summed E-state index contributed by atoms with van der Waals surface area (Å²) in [4.78, 5) is 0. The van der Waals surface area contributed by atoms with Crippen molar-refractivity contribution in [3.63, 3.8) is 0 Å².